The van der Waals surface area contributed by atoms with Crippen LogP contribution in [0.15, 0.2) is 0 Å². The Hall–Kier alpha value is -0.240. The van der Waals surface area contributed by atoms with Gasteiger partial charge in [-0.2, -0.15) is 0 Å². The Kier molecular flexibility index (Phi) is 6.20. The zero-order valence-electron chi connectivity index (χ0n) is 30.0. The van der Waals surface area contributed by atoms with E-state index < -0.39 is 0 Å². The normalized spacial score (nSPS) is 62.9. The van der Waals surface area contributed by atoms with Crippen LogP contribution in [0.4, 0.5) is 0 Å². The lowest BCUT2D eigenvalue weighted by Gasteiger charge is -2.65. The van der Waals surface area contributed by atoms with E-state index in [1.54, 1.807) is 0 Å². The minimum Gasteiger partial charge on any atom is -0.352 e. The van der Waals surface area contributed by atoms with Crippen LogP contribution in [0.25, 0.3) is 0 Å². The molecule has 17 aliphatic rings. The van der Waals surface area contributed by atoms with Gasteiger partial charge in [0.15, 0.2) is 0 Å². The summed E-state index contributed by atoms with van der Waals surface area (Å²) >= 11 is 0. The van der Waals surface area contributed by atoms with Gasteiger partial charge in [0.05, 0.1) is 35.1 Å². The first-order valence-electron chi connectivity index (χ1n) is 21.6. The van der Waals surface area contributed by atoms with Crippen molar-refractivity contribution in [3.8, 4) is 0 Å². The third-order valence-corrected chi connectivity index (χ3v) is 19.2. The molecule has 270 valence electrons. The predicted octanol–water partition coefficient (Wildman–Crippen LogP) is 8.40. The van der Waals surface area contributed by atoms with Gasteiger partial charge in [-0.05, 0) is 186 Å². The van der Waals surface area contributed by atoms with Crippen LogP contribution >= 0.6 is 0 Å². The van der Waals surface area contributed by atoms with Crippen LogP contribution in [-0.2, 0) is 28.4 Å². The molecule has 0 heterocycles. The lowest BCUT2D eigenvalue weighted by Crippen LogP contribution is -2.68. The second-order valence-electron chi connectivity index (χ2n) is 22.1. The molecule has 0 amide bonds. The van der Waals surface area contributed by atoms with Crippen molar-refractivity contribution in [2.24, 2.45) is 75.9 Å². The van der Waals surface area contributed by atoms with E-state index in [0.29, 0.717) is 55.4 Å². The molecule has 0 aliphatic heterocycles. The summed E-state index contributed by atoms with van der Waals surface area (Å²) in [5, 5.41) is 0. The van der Waals surface area contributed by atoms with E-state index in [4.69, 9.17) is 28.4 Å². The number of rotatable bonds is 12. The molecule has 2 spiro atoms. The molecule has 6 nitrogen and oxygen atoms in total. The van der Waals surface area contributed by atoms with E-state index in [-0.39, 0.29) is 16.8 Å². The third kappa shape index (κ3) is 4.34. The molecule has 0 aromatic rings. The lowest BCUT2D eigenvalue weighted by atomic mass is 9.50. The molecule has 6 heteroatoms. The van der Waals surface area contributed by atoms with Gasteiger partial charge in [0.2, 0.25) is 0 Å². The van der Waals surface area contributed by atoms with E-state index in [1.807, 2.05) is 0 Å². The molecule has 0 aromatic carbocycles. The van der Waals surface area contributed by atoms with Gasteiger partial charge in [0, 0.05) is 24.7 Å². The molecule has 7 unspecified atom stereocenters. The molecule has 17 saturated carbocycles. The van der Waals surface area contributed by atoms with Crippen molar-refractivity contribution in [2.45, 2.75) is 170 Å². The quantitative estimate of drug-likeness (QED) is 0.194. The topological polar surface area (TPSA) is 55.4 Å². The zero-order valence-corrected chi connectivity index (χ0v) is 30.0. The van der Waals surface area contributed by atoms with Crippen molar-refractivity contribution in [1.29, 1.82) is 0 Å². The van der Waals surface area contributed by atoms with Gasteiger partial charge in [-0.3, -0.25) is 0 Å². The standard InChI is InChI=1S/C43H62O6/c1-25-3-31-5-26(1)6-32(4-25)36(31)44-22-47-40-13-30-14-41(19-40,48-23-45-37-33-7-27-2-28(9-33)10-34(37)8-27)21-42(15-30,20-40)49-24-46-38-35-11-29-12-39(17-35)18-43(38,39)16-29/h25-38H,1-24H2. The second kappa shape index (κ2) is 10.1. The van der Waals surface area contributed by atoms with Gasteiger partial charge in [0.25, 0.3) is 0 Å². The van der Waals surface area contributed by atoms with Crippen molar-refractivity contribution in [3.63, 3.8) is 0 Å². The van der Waals surface area contributed by atoms with E-state index in [9.17, 15) is 0 Å². The minimum atomic E-state index is -0.224. The van der Waals surface area contributed by atoms with Crippen molar-refractivity contribution >= 4 is 0 Å². The van der Waals surface area contributed by atoms with Gasteiger partial charge < -0.3 is 28.4 Å². The summed E-state index contributed by atoms with van der Waals surface area (Å²) in [7, 11) is 0. The summed E-state index contributed by atoms with van der Waals surface area (Å²) in [6.07, 6.45) is 28.9. The molecule has 0 saturated heterocycles. The van der Waals surface area contributed by atoms with E-state index >= 15 is 0 Å². The lowest BCUT2D eigenvalue weighted by molar-refractivity contribution is -0.335. The maximum Gasteiger partial charge on any atom is 0.147 e. The summed E-state index contributed by atoms with van der Waals surface area (Å²) < 4.78 is 41.8. The van der Waals surface area contributed by atoms with Crippen LogP contribution in [0.2, 0.25) is 0 Å². The molecule has 0 aromatic heterocycles. The van der Waals surface area contributed by atoms with E-state index in [1.165, 1.54) is 96.3 Å². The monoisotopic (exact) mass is 674 g/mol. The molecule has 0 radical (unpaired) electrons. The fraction of sp³-hybridized carbons (Fsp3) is 1.00. The van der Waals surface area contributed by atoms with E-state index in [2.05, 4.69) is 0 Å². The average molecular weight is 675 g/mol. The van der Waals surface area contributed by atoms with Gasteiger partial charge in [0.1, 0.15) is 20.4 Å². The summed E-state index contributed by atoms with van der Waals surface area (Å²) in [5.74, 6) is 9.33. The molecule has 0 N–H and O–H groups in total. The molecule has 7 atom stereocenters. The summed E-state index contributed by atoms with van der Waals surface area (Å²) in [6.45, 7) is 1.35. The van der Waals surface area contributed by atoms with Crippen molar-refractivity contribution in [2.75, 3.05) is 20.4 Å². The third-order valence-electron chi connectivity index (χ3n) is 19.2. The van der Waals surface area contributed by atoms with Crippen molar-refractivity contribution in [3.05, 3.63) is 0 Å². The maximum absolute atomic E-state index is 7.11. The summed E-state index contributed by atoms with van der Waals surface area (Å²) in [5.41, 5.74) is 0.511. The highest BCUT2D eigenvalue weighted by atomic mass is 16.7. The largest absolute Gasteiger partial charge is 0.352 e. The second-order valence-corrected chi connectivity index (χ2v) is 22.1. The number of ether oxygens (including phenoxy) is 6. The molecule has 17 fully saturated rings. The number of hydrogen-bond acceptors (Lipinski definition) is 6. The Bertz CT molecular complexity index is 1260. The Morgan fingerprint density at radius 1 is 0.367 bits per heavy atom. The predicted molar refractivity (Wildman–Crippen MR) is 181 cm³/mol. The van der Waals surface area contributed by atoms with Crippen LogP contribution in [0.1, 0.15) is 135 Å². The Balaban J connectivity index is 0.718. The Morgan fingerprint density at radius 3 is 1.29 bits per heavy atom. The zero-order chi connectivity index (χ0) is 31.8. The Labute approximate surface area is 294 Å². The molecule has 17 rings (SSSR count). The van der Waals surface area contributed by atoms with Crippen LogP contribution < -0.4 is 0 Å². The molecular formula is C43H62O6. The number of hydrogen-bond donors (Lipinski definition) is 0. The summed E-state index contributed by atoms with van der Waals surface area (Å²) in [6, 6.07) is 0. The van der Waals surface area contributed by atoms with Crippen molar-refractivity contribution < 1.29 is 28.4 Å². The highest BCUT2D eigenvalue weighted by Crippen LogP contribution is 2.87. The molecule has 17 aliphatic carbocycles. The van der Waals surface area contributed by atoms with Crippen LogP contribution in [0, 0.1) is 75.9 Å². The maximum atomic E-state index is 7.11. The van der Waals surface area contributed by atoms with Crippen molar-refractivity contribution in [1.82, 2.24) is 0 Å². The Morgan fingerprint density at radius 2 is 0.816 bits per heavy atom. The average Bonchev–Trinajstić information content (AvgIpc) is 3.48. The van der Waals surface area contributed by atoms with Crippen LogP contribution in [-0.4, -0.2) is 55.5 Å². The smallest absolute Gasteiger partial charge is 0.147 e. The molecule has 16 bridgehead atoms. The molecule has 49 heavy (non-hydrogen) atoms. The van der Waals surface area contributed by atoms with Gasteiger partial charge >= 0.3 is 0 Å². The van der Waals surface area contributed by atoms with Gasteiger partial charge in [-0.1, -0.05) is 0 Å². The van der Waals surface area contributed by atoms with Crippen LogP contribution in [0.3, 0.4) is 0 Å². The first-order chi connectivity index (χ1) is 23.9. The first-order valence-corrected chi connectivity index (χ1v) is 21.6. The summed E-state index contributed by atoms with van der Waals surface area (Å²) in [4.78, 5) is 0. The van der Waals surface area contributed by atoms with Gasteiger partial charge in [-0.15, -0.1) is 0 Å². The van der Waals surface area contributed by atoms with Gasteiger partial charge in [-0.25, -0.2) is 0 Å². The highest BCUT2D eigenvalue weighted by molar-refractivity contribution is 5.31. The molecular weight excluding hydrogens is 612 g/mol. The minimum absolute atomic E-state index is 0.223. The SMILES string of the molecule is C(OC1C2CC3CC(C2)CC1C3)OC12CC3CC(OCOC4C5CC6CC(C5)CC4C6)(C1)CC(OCOC1C4CC5CC6(C4)CC16C5)(C3)C2. The fourth-order valence-corrected chi connectivity index (χ4v) is 19.0. The fourth-order valence-electron chi connectivity index (χ4n) is 19.0. The van der Waals surface area contributed by atoms with Crippen LogP contribution in [0.5, 0.6) is 0 Å². The van der Waals surface area contributed by atoms with E-state index in [0.717, 1.165) is 97.7 Å². The highest BCUT2D eigenvalue weighted by Gasteiger charge is 2.82. The first kappa shape index (κ1) is 30.1.